The maximum atomic E-state index is 5.99. The van der Waals surface area contributed by atoms with Gasteiger partial charge in [-0.25, -0.2) is 4.99 Å². The first-order chi connectivity index (χ1) is 11.3. The van der Waals surface area contributed by atoms with Crippen molar-refractivity contribution in [2.24, 2.45) is 4.99 Å². The molecule has 0 fully saturated rings. The fraction of sp³-hybridized carbons (Fsp3) is 0.588. The molecule has 5 nitrogen and oxygen atoms in total. The van der Waals surface area contributed by atoms with Crippen molar-refractivity contribution >= 4 is 41.5 Å². The molecule has 1 rings (SSSR count). The van der Waals surface area contributed by atoms with Crippen molar-refractivity contribution in [3.05, 3.63) is 34.9 Å². The van der Waals surface area contributed by atoms with Gasteiger partial charge < -0.3 is 20.1 Å². The second kappa shape index (κ2) is 15.9. The van der Waals surface area contributed by atoms with Gasteiger partial charge in [0.2, 0.25) is 0 Å². The lowest BCUT2D eigenvalue weighted by atomic mass is 10.2. The first kappa shape index (κ1) is 23.4. The molecule has 0 spiro atoms. The highest BCUT2D eigenvalue weighted by molar-refractivity contribution is 14.0. The molecule has 0 bridgehead atoms. The highest BCUT2D eigenvalue weighted by atomic mass is 127. The number of guanidine groups is 1. The van der Waals surface area contributed by atoms with Crippen LogP contribution in [-0.2, 0) is 16.0 Å². The molecule has 0 unspecified atom stereocenters. The predicted molar refractivity (Wildman–Crippen MR) is 112 cm³/mol. The third-order valence-corrected chi connectivity index (χ3v) is 3.33. The summed E-state index contributed by atoms with van der Waals surface area (Å²) in [6.45, 7) is 6.45. The van der Waals surface area contributed by atoms with Crippen LogP contribution in [0.4, 0.5) is 0 Å². The van der Waals surface area contributed by atoms with E-state index >= 15 is 0 Å². The number of benzene rings is 1. The van der Waals surface area contributed by atoms with Crippen LogP contribution in [-0.4, -0.2) is 46.0 Å². The minimum Gasteiger partial charge on any atom is -0.382 e. The minimum absolute atomic E-state index is 0. The van der Waals surface area contributed by atoms with Gasteiger partial charge in [0, 0.05) is 31.8 Å². The van der Waals surface area contributed by atoms with E-state index in [0.717, 1.165) is 49.1 Å². The third-order valence-electron chi connectivity index (χ3n) is 3.09. The summed E-state index contributed by atoms with van der Waals surface area (Å²) >= 11 is 5.99. The summed E-state index contributed by atoms with van der Waals surface area (Å²) in [6.07, 6.45) is 2.05. The van der Waals surface area contributed by atoms with E-state index in [1.807, 2.05) is 24.3 Å². The van der Waals surface area contributed by atoms with Crippen LogP contribution in [0.15, 0.2) is 29.3 Å². The quantitative estimate of drug-likeness (QED) is 0.226. The maximum absolute atomic E-state index is 5.99. The molecule has 0 aliphatic rings. The van der Waals surface area contributed by atoms with Crippen LogP contribution in [0.5, 0.6) is 0 Å². The topological polar surface area (TPSA) is 54.9 Å². The fourth-order valence-electron chi connectivity index (χ4n) is 1.93. The number of halogens is 2. The Morgan fingerprint density at radius 2 is 2.00 bits per heavy atom. The molecule has 24 heavy (non-hydrogen) atoms. The second-order valence-corrected chi connectivity index (χ2v) is 5.50. The van der Waals surface area contributed by atoms with Gasteiger partial charge >= 0.3 is 0 Å². The third kappa shape index (κ3) is 11.9. The number of ether oxygens (including phenoxy) is 2. The molecule has 0 heterocycles. The molecular weight excluding hydrogens is 441 g/mol. The molecule has 138 valence electrons. The van der Waals surface area contributed by atoms with Gasteiger partial charge in [0.15, 0.2) is 5.96 Å². The molecule has 2 N–H and O–H groups in total. The number of hydrogen-bond donors (Lipinski definition) is 2. The minimum atomic E-state index is 0. The van der Waals surface area contributed by atoms with Gasteiger partial charge in [-0.15, -0.1) is 24.0 Å². The number of nitrogens with zero attached hydrogens (tertiary/aromatic N) is 1. The first-order valence-corrected chi connectivity index (χ1v) is 8.47. The van der Waals surface area contributed by atoms with Gasteiger partial charge in [-0.2, -0.15) is 0 Å². The van der Waals surface area contributed by atoms with Crippen LogP contribution in [0.3, 0.4) is 0 Å². The van der Waals surface area contributed by atoms with Crippen LogP contribution in [0.2, 0.25) is 5.02 Å². The van der Waals surface area contributed by atoms with Gasteiger partial charge in [0.05, 0.1) is 19.8 Å². The second-order valence-electron chi connectivity index (χ2n) is 5.06. The van der Waals surface area contributed by atoms with Crippen LogP contribution in [0, 0.1) is 0 Å². The molecule has 0 saturated carbocycles. The molecule has 0 amide bonds. The first-order valence-electron chi connectivity index (χ1n) is 8.09. The molecular formula is C17H29ClIN3O2. The average molecular weight is 470 g/mol. The summed E-state index contributed by atoms with van der Waals surface area (Å²) in [7, 11) is 1.68. The Labute approximate surface area is 167 Å². The smallest absolute Gasteiger partial charge is 0.191 e. The van der Waals surface area contributed by atoms with Gasteiger partial charge in [-0.3, -0.25) is 0 Å². The zero-order chi connectivity index (χ0) is 16.8. The van der Waals surface area contributed by atoms with Crippen molar-refractivity contribution in [3.63, 3.8) is 0 Å². The molecule has 0 aliphatic heterocycles. The highest BCUT2D eigenvalue weighted by Gasteiger charge is 1.98. The van der Waals surface area contributed by atoms with Gasteiger partial charge in [0.1, 0.15) is 0 Å². The van der Waals surface area contributed by atoms with Crippen molar-refractivity contribution in [3.8, 4) is 0 Å². The summed E-state index contributed by atoms with van der Waals surface area (Å²) in [5.74, 6) is 0.827. The Morgan fingerprint density at radius 3 is 2.71 bits per heavy atom. The van der Waals surface area contributed by atoms with E-state index < -0.39 is 0 Å². The molecule has 0 atom stereocenters. The van der Waals surface area contributed by atoms with Crippen molar-refractivity contribution in [2.45, 2.75) is 26.3 Å². The van der Waals surface area contributed by atoms with Gasteiger partial charge in [-0.05, 0) is 37.5 Å². The summed E-state index contributed by atoms with van der Waals surface area (Å²) < 4.78 is 10.4. The van der Waals surface area contributed by atoms with E-state index in [-0.39, 0.29) is 24.0 Å². The lowest BCUT2D eigenvalue weighted by Gasteiger charge is -2.11. The standard InChI is InChI=1S/C17H28ClN3O2.HI/c1-3-19-17(20-9-4-5-10-23-12-11-22-2)21-14-15-7-6-8-16(18)13-15;/h6-8,13H,3-5,9-12,14H2,1-2H3,(H2,19,20,21);1H. The molecule has 0 aromatic heterocycles. The average Bonchev–Trinajstić information content (AvgIpc) is 2.55. The summed E-state index contributed by atoms with van der Waals surface area (Å²) in [6, 6.07) is 7.77. The predicted octanol–water partition coefficient (Wildman–Crippen LogP) is 3.46. The van der Waals surface area contributed by atoms with Crippen LogP contribution >= 0.6 is 35.6 Å². The normalized spacial score (nSPS) is 11.0. The molecule has 0 radical (unpaired) electrons. The molecule has 0 aliphatic carbocycles. The highest BCUT2D eigenvalue weighted by Crippen LogP contribution is 2.11. The van der Waals surface area contributed by atoms with Crippen molar-refractivity contribution in [1.29, 1.82) is 0 Å². The number of rotatable bonds is 11. The molecule has 0 saturated heterocycles. The number of hydrogen-bond acceptors (Lipinski definition) is 3. The van der Waals surface area contributed by atoms with Crippen molar-refractivity contribution in [1.82, 2.24) is 10.6 Å². The lowest BCUT2D eigenvalue weighted by Crippen LogP contribution is -2.37. The largest absolute Gasteiger partial charge is 0.382 e. The van der Waals surface area contributed by atoms with E-state index in [0.29, 0.717) is 19.8 Å². The van der Waals surface area contributed by atoms with Gasteiger partial charge in [0.25, 0.3) is 0 Å². The summed E-state index contributed by atoms with van der Waals surface area (Å²) in [5, 5.41) is 7.32. The van der Waals surface area contributed by atoms with Crippen LogP contribution < -0.4 is 10.6 Å². The van der Waals surface area contributed by atoms with E-state index in [2.05, 4.69) is 22.5 Å². The lowest BCUT2D eigenvalue weighted by molar-refractivity contribution is 0.0689. The monoisotopic (exact) mass is 469 g/mol. The Morgan fingerprint density at radius 1 is 1.17 bits per heavy atom. The fourth-order valence-corrected chi connectivity index (χ4v) is 2.14. The van der Waals surface area contributed by atoms with Crippen LogP contribution in [0.25, 0.3) is 0 Å². The Bertz CT molecular complexity index is 461. The Balaban J connectivity index is 0.00000529. The molecule has 1 aromatic rings. The number of nitrogens with one attached hydrogen (secondary N) is 2. The zero-order valence-corrected chi connectivity index (χ0v) is 17.6. The van der Waals surface area contributed by atoms with Crippen molar-refractivity contribution in [2.75, 3.05) is 40.0 Å². The Kier molecular flexibility index (Phi) is 15.6. The van der Waals surface area contributed by atoms with E-state index in [4.69, 9.17) is 21.1 Å². The van der Waals surface area contributed by atoms with Gasteiger partial charge in [-0.1, -0.05) is 23.7 Å². The van der Waals surface area contributed by atoms with Crippen molar-refractivity contribution < 1.29 is 9.47 Å². The number of aliphatic imine (C=N–C) groups is 1. The summed E-state index contributed by atoms with van der Waals surface area (Å²) in [5.41, 5.74) is 1.10. The van der Waals surface area contributed by atoms with E-state index in [1.54, 1.807) is 7.11 Å². The number of methoxy groups -OCH3 is 1. The molecule has 7 heteroatoms. The zero-order valence-electron chi connectivity index (χ0n) is 14.5. The Hall–Kier alpha value is -0.570. The van der Waals surface area contributed by atoms with E-state index in [1.165, 1.54) is 0 Å². The van der Waals surface area contributed by atoms with Crippen LogP contribution in [0.1, 0.15) is 25.3 Å². The van der Waals surface area contributed by atoms with E-state index in [9.17, 15) is 0 Å². The summed E-state index contributed by atoms with van der Waals surface area (Å²) in [4.78, 5) is 4.57. The SMILES string of the molecule is CCNC(=NCc1cccc(Cl)c1)NCCCCOCCOC.I. The number of unbranched alkanes of at least 4 members (excludes halogenated alkanes) is 1. The maximum Gasteiger partial charge on any atom is 0.191 e. The molecule has 1 aromatic carbocycles.